The van der Waals surface area contributed by atoms with E-state index in [-0.39, 0.29) is 17.8 Å². The Morgan fingerprint density at radius 3 is 2.80 bits per heavy atom. The van der Waals surface area contributed by atoms with Gasteiger partial charge in [0.2, 0.25) is 5.91 Å². The van der Waals surface area contributed by atoms with Crippen molar-refractivity contribution in [3.8, 4) is 10.4 Å². The van der Waals surface area contributed by atoms with Crippen LogP contribution in [0.1, 0.15) is 24.2 Å². The maximum Gasteiger partial charge on any atom is 0.235 e. The van der Waals surface area contributed by atoms with Gasteiger partial charge in [-0.1, -0.05) is 23.7 Å². The Balaban J connectivity index is 2.26. The number of aromatic nitrogens is 1. The molecule has 0 aliphatic rings. The van der Waals surface area contributed by atoms with Gasteiger partial charge in [0.15, 0.2) is 0 Å². The van der Waals surface area contributed by atoms with E-state index in [1.807, 2.05) is 37.6 Å². The molecule has 1 N–H and O–H groups in total. The largest absolute Gasteiger partial charge is 0.348 e. The maximum absolute atomic E-state index is 11.3. The summed E-state index contributed by atoms with van der Waals surface area (Å²) in [6.07, 6.45) is 0. The lowest BCUT2D eigenvalue weighted by Gasteiger charge is -2.15. The van der Waals surface area contributed by atoms with Gasteiger partial charge in [0.05, 0.1) is 22.1 Å². The summed E-state index contributed by atoms with van der Waals surface area (Å²) in [5, 5.41) is 3.41. The Morgan fingerprint density at radius 1 is 1.50 bits per heavy atom. The summed E-state index contributed by atoms with van der Waals surface area (Å²) in [5.74, 6) is -0.266. The predicted molar refractivity (Wildman–Crippen MR) is 84.6 cm³/mol. The molecule has 1 heterocycles. The van der Waals surface area contributed by atoms with Gasteiger partial charge >= 0.3 is 0 Å². The fourth-order valence-electron chi connectivity index (χ4n) is 1.96. The molecule has 1 atom stereocenters. The monoisotopic (exact) mass is 328 g/mol. The molecule has 1 aromatic carbocycles. The highest BCUT2D eigenvalue weighted by atomic mass is 35.5. The molecule has 0 radical (unpaired) electrons. The van der Waals surface area contributed by atoms with Crippen LogP contribution in [0.4, 0.5) is 0 Å². The number of alkyl halides is 1. The van der Waals surface area contributed by atoms with Crippen LogP contribution in [0, 0.1) is 6.92 Å². The Kier molecular flexibility index (Phi) is 5.02. The molecule has 0 aliphatic heterocycles. The molecule has 2 aromatic rings. The number of nitrogens with zero attached hydrogens (tertiary/aromatic N) is 1. The third-order valence-electron chi connectivity index (χ3n) is 2.97. The third kappa shape index (κ3) is 3.32. The first-order chi connectivity index (χ1) is 9.52. The van der Waals surface area contributed by atoms with E-state index < -0.39 is 0 Å². The highest BCUT2D eigenvalue weighted by molar-refractivity contribution is 7.13. The molecule has 0 fully saturated rings. The van der Waals surface area contributed by atoms with Gasteiger partial charge in [-0.25, -0.2) is 4.98 Å². The highest BCUT2D eigenvalue weighted by Crippen LogP contribution is 2.32. The van der Waals surface area contributed by atoms with Crippen molar-refractivity contribution >= 4 is 40.4 Å². The summed E-state index contributed by atoms with van der Waals surface area (Å²) in [4.78, 5) is 16.7. The van der Waals surface area contributed by atoms with Crippen LogP contribution in [-0.4, -0.2) is 16.8 Å². The number of carbonyl (C=O) groups excluding carboxylic acids is 1. The minimum atomic E-state index is -0.211. The number of carbonyl (C=O) groups is 1. The molecule has 1 amide bonds. The van der Waals surface area contributed by atoms with E-state index in [9.17, 15) is 4.79 Å². The first-order valence-electron chi connectivity index (χ1n) is 6.08. The molecule has 0 aliphatic carbocycles. The molecule has 6 heteroatoms. The van der Waals surface area contributed by atoms with Gasteiger partial charge in [0.25, 0.3) is 0 Å². The molecule has 0 saturated heterocycles. The number of benzene rings is 1. The summed E-state index contributed by atoms with van der Waals surface area (Å²) >= 11 is 13.4. The van der Waals surface area contributed by atoms with E-state index in [2.05, 4.69) is 10.3 Å². The molecule has 106 valence electrons. The molecule has 0 spiro atoms. The number of nitrogens with one attached hydrogen (secondary N) is 1. The number of thiazole rings is 1. The molecular formula is C14H14Cl2N2OS. The van der Waals surface area contributed by atoms with Crippen LogP contribution in [0.5, 0.6) is 0 Å². The van der Waals surface area contributed by atoms with Crippen LogP contribution in [0.15, 0.2) is 23.7 Å². The van der Waals surface area contributed by atoms with Gasteiger partial charge in [-0.2, -0.15) is 0 Å². The quantitative estimate of drug-likeness (QED) is 0.855. The molecule has 1 aromatic heterocycles. The van der Waals surface area contributed by atoms with Crippen molar-refractivity contribution in [2.24, 2.45) is 0 Å². The normalized spacial score (nSPS) is 12.2. The fraction of sp³-hybridized carbons (Fsp3) is 0.286. The van der Waals surface area contributed by atoms with Crippen LogP contribution in [-0.2, 0) is 4.79 Å². The van der Waals surface area contributed by atoms with E-state index in [0.29, 0.717) is 5.02 Å². The third-order valence-corrected chi connectivity index (χ3v) is 4.52. The van der Waals surface area contributed by atoms with Crippen LogP contribution >= 0.6 is 34.5 Å². The smallest absolute Gasteiger partial charge is 0.235 e. The summed E-state index contributed by atoms with van der Waals surface area (Å²) in [7, 11) is 0. The van der Waals surface area contributed by atoms with Crippen LogP contribution in [0.25, 0.3) is 10.4 Å². The van der Waals surface area contributed by atoms with Crippen molar-refractivity contribution in [2.75, 3.05) is 5.88 Å². The maximum atomic E-state index is 11.3. The van der Waals surface area contributed by atoms with Crippen molar-refractivity contribution in [3.05, 3.63) is 40.0 Å². The minimum absolute atomic E-state index is 0.0555. The zero-order chi connectivity index (χ0) is 14.7. The second-order valence-electron chi connectivity index (χ2n) is 4.43. The standard InChI is InChI=1S/C14H14Cl2N2OS/c1-8(18-13(19)6-15)11-4-3-10(5-12(11)16)14-9(2)17-7-20-14/h3-5,7-8H,6H2,1-2H3,(H,18,19). The average molecular weight is 329 g/mol. The number of amides is 1. The second kappa shape index (κ2) is 6.57. The highest BCUT2D eigenvalue weighted by Gasteiger charge is 2.14. The van der Waals surface area contributed by atoms with Crippen molar-refractivity contribution in [2.45, 2.75) is 19.9 Å². The molecule has 2 rings (SSSR count). The number of hydrogen-bond acceptors (Lipinski definition) is 3. The van der Waals surface area contributed by atoms with E-state index in [1.165, 1.54) is 0 Å². The van der Waals surface area contributed by atoms with E-state index in [1.54, 1.807) is 11.3 Å². The number of halogens is 2. The molecule has 0 bridgehead atoms. The second-order valence-corrected chi connectivity index (χ2v) is 5.96. The Bertz CT molecular complexity index is 627. The van der Waals surface area contributed by atoms with E-state index in [0.717, 1.165) is 21.7 Å². The van der Waals surface area contributed by atoms with E-state index >= 15 is 0 Å². The van der Waals surface area contributed by atoms with Gasteiger partial charge in [-0.3, -0.25) is 4.79 Å². The lowest BCUT2D eigenvalue weighted by Crippen LogP contribution is -2.27. The summed E-state index contributed by atoms with van der Waals surface area (Å²) in [6.45, 7) is 3.85. The van der Waals surface area contributed by atoms with Gasteiger partial charge in [-0.15, -0.1) is 22.9 Å². The Morgan fingerprint density at radius 2 is 2.25 bits per heavy atom. The molecule has 1 unspecified atom stereocenters. The van der Waals surface area contributed by atoms with Gasteiger partial charge in [0, 0.05) is 5.02 Å². The zero-order valence-electron chi connectivity index (χ0n) is 11.1. The Hall–Kier alpha value is -1.10. The van der Waals surface area contributed by atoms with Crippen molar-refractivity contribution in [1.29, 1.82) is 0 Å². The average Bonchev–Trinajstić information content (AvgIpc) is 2.84. The fourth-order valence-corrected chi connectivity index (χ4v) is 3.18. The zero-order valence-corrected chi connectivity index (χ0v) is 13.4. The lowest BCUT2D eigenvalue weighted by molar-refractivity contribution is -0.119. The first-order valence-corrected chi connectivity index (χ1v) is 7.87. The van der Waals surface area contributed by atoms with Gasteiger partial charge in [-0.05, 0) is 31.0 Å². The van der Waals surface area contributed by atoms with Crippen molar-refractivity contribution in [1.82, 2.24) is 10.3 Å². The van der Waals surface area contributed by atoms with Crippen molar-refractivity contribution < 1.29 is 4.79 Å². The lowest BCUT2D eigenvalue weighted by atomic mass is 10.0. The molecular weight excluding hydrogens is 315 g/mol. The number of aryl methyl sites for hydroxylation is 1. The first kappa shape index (κ1) is 15.3. The van der Waals surface area contributed by atoms with Crippen LogP contribution in [0.3, 0.4) is 0 Å². The predicted octanol–water partition coefficient (Wildman–Crippen LogP) is 4.19. The van der Waals surface area contributed by atoms with Crippen molar-refractivity contribution in [3.63, 3.8) is 0 Å². The topological polar surface area (TPSA) is 42.0 Å². The van der Waals surface area contributed by atoms with E-state index in [4.69, 9.17) is 23.2 Å². The van der Waals surface area contributed by atoms with Gasteiger partial charge < -0.3 is 5.32 Å². The summed E-state index contributed by atoms with van der Waals surface area (Å²) in [6, 6.07) is 5.65. The number of hydrogen-bond donors (Lipinski definition) is 1. The summed E-state index contributed by atoms with van der Waals surface area (Å²) in [5.41, 5.74) is 4.71. The number of rotatable bonds is 4. The molecule has 0 saturated carbocycles. The minimum Gasteiger partial charge on any atom is -0.348 e. The van der Waals surface area contributed by atoms with Gasteiger partial charge in [0.1, 0.15) is 5.88 Å². The summed E-state index contributed by atoms with van der Waals surface area (Å²) < 4.78 is 0. The Labute approximate surface area is 131 Å². The molecule has 20 heavy (non-hydrogen) atoms. The van der Waals surface area contributed by atoms with Crippen LogP contribution < -0.4 is 5.32 Å². The van der Waals surface area contributed by atoms with Crippen LogP contribution in [0.2, 0.25) is 5.02 Å². The SMILES string of the molecule is Cc1ncsc1-c1ccc(C(C)NC(=O)CCl)c(Cl)c1. The molecule has 3 nitrogen and oxygen atoms in total.